The Morgan fingerprint density at radius 1 is 1.53 bits per heavy atom. The third kappa shape index (κ3) is 2.74. The van der Waals surface area contributed by atoms with Crippen LogP contribution in [0, 0.1) is 5.92 Å². The molecule has 1 fully saturated rings. The fraction of sp³-hybridized carbons (Fsp3) is 0.500. The molecular formula is C12H18N4O. The van der Waals surface area contributed by atoms with Crippen LogP contribution in [0.2, 0.25) is 0 Å². The van der Waals surface area contributed by atoms with Crippen LogP contribution in [-0.4, -0.2) is 30.0 Å². The number of hydrogen-bond acceptors (Lipinski definition) is 4. The Labute approximate surface area is 101 Å². The van der Waals surface area contributed by atoms with Crippen molar-refractivity contribution in [1.82, 2.24) is 4.98 Å². The number of nitrogens with zero attached hydrogens (tertiary/aromatic N) is 2. The van der Waals surface area contributed by atoms with Crippen LogP contribution in [-0.2, 0) is 0 Å². The highest BCUT2D eigenvalue weighted by molar-refractivity contribution is 5.93. The van der Waals surface area contributed by atoms with Crippen LogP contribution in [0.25, 0.3) is 0 Å². The summed E-state index contributed by atoms with van der Waals surface area (Å²) in [5.74, 6) is 0.893. The summed E-state index contributed by atoms with van der Waals surface area (Å²) in [5, 5.41) is 0. The van der Waals surface area contributed by atoms with E-state index in [9.17, 15) is 4.79 Å². The molecule has 2 unspecified atom stereocenters. The van der Waals surface area contributed by atoms with Gasteiger partial charge < -0.3 is 16.4 Å². The van der Waals surface area contributed by atoms with E-state index in [0.717, 1.165) is 25.3 Å². The third-order valence-corrected chi connectivity index (χ3v) is 3.05. The molecule has 4 N–H and O–H groups in total. The van der Waals surface area contributed by atoms with Gasteiger partial charge in [0.05, 0.1) is 0 Å². The molecule has 2 atom stereocenters. The molecule has 1 aliphatic rings. The molecule has 0 spiro atoms. The summed E-state index contributed by atoms with van der Waals surface area (Å²) in [5.41, 5.74) is 11.7. The summed E-state index contributed by atoms with van der Waals surface area (Å²) in [6, 6.07) is 3.52. The Morgan fingerprint density at radius 3 is 2.94 bits per heavy atom. The molecular weight excluding hydrogens is 216 g/mol. The number of piperidine rings is 1. The Morgan fingerprint density at radius 2 is 2.29 bits per heavy atom. The molecule has 0 aromatic carbocycles. The summed E-state index contributed by atoms with van der Waals surface area (Å²) in [6.45, 7) is 3.87. The van der Waals surface area contributed by atoms with Gasteiger partial charge in [0, 0.05) is 30.9 Å². The van der Waals surface area contributed by atoms with Gasteiger partial charge >= 0.3 is 0 Å². The van der Waals surface area contributed by atoms with Crippen molar-refractivity contribution in [3.8, 4) is 0 Å². The lowest BCUT2D eigenvalue weighted by Crippen LogP contribution is -2.46. The molecule has 0 saturated carbocycles. The summed E-state index contributed by atoms with van der Waals surface area (Å²) in [6.07, 6.45) is 2.65. The predicted octanol–water partition coefficient (Wildman–Crippen LogP) is 0.354. The second kappa shape index (κ2) is 4.71. The number of carbonyl (C=O) groups excluding carboxylic acids is 1. The highest BCUT2D eigenvalue weighted by atomic mass is 16.1. The molecule has 17 heavy (non-hydrogen) atoms. The molecule has 5 heteroatoms. The summed E-state index contributed by atoms with van der Waals surface area (Å²) in [7, 11) is 0. The summed E-state index contributed by atoms with van der Waals surface area (Å²) < 4.78 is 0. The van der Waals surface area contributed by atoms with Gasteiger partial charge in [0.25, 0.3) is 0 Å². The molecule has 1 aromatic rings. The van der Waals surface area contributed by atoms with Crippen molar-refractivity contribution in [2.45, 2.75) is 19.4 Å². The molecule has 0 bridgehead atoms. The van der Waals surface area contributed by atoms with E-state index in [1.54, 1.807) is 18.3 Å². The fourth-order valence-corrected chi connectivity index (χ4v) is 2.33. The van der Waals surface area contributed by atoms with Gasteiger partial charge in [0.15, 0.2) is 0 Å². The van der Waals surface area contributed by atoms with E-state index in [0.29, 0.717) is 11.5 Å². The molecule has 1 aromatic heterocycles. The number of amides is 1. The van der Waals surface area contributed by atoms with E-state index in [2.05, 4.69) is 16.8 Å². The second-order valence-electron chi connectivity index (χ2n) is 4.77. The van der Waals surface area contributed by atoms with Crippen LogP contribution in [0.15, 0.2) is 18.3 Å². The zero-order valence-corrected chi connectivity index (χ0v) is 9.97. The fourth-order valence-electron chi connectivity index (χ4n) is 2.33. The average molecular weight is 234 g/mol. The van der Waals surface area contributed by atoms with Gasteiger partial charge in [-0.25, -0.2) is 4.98 Å². The Bertz CT molecular complexity index is 411. The number of carbonyl (C=O) groups is 1. The molecule has 1 aliphatic heterocycles. The lowest BCUT2D eigenvalue weighted by atomic mass is 9.96. The van der Waals surface area contributed by atoms with Crippen LogP contribution in [0.1, 0.15) is 23.7 Å². The minimum atomic E-state index is -0.428. The second-order valence-corrected chi connectivity index (χ2v) is 4.77. The number of nitrogens with two attached hydrogens (primary N) is 2. The van der Waals surface area contributed by atoms with Crippen LogP contribution in [0.3, 0.4) is 0 Å². The van der Waals surface area contributed by atoms with E-state index >= 15 is 0 Å². The van der Waals surface area contributed by atoms with Gasteiger partial charge in [-0.3, -0.25) is 4.79 Å². The molecule has 1 amide bonds. The first-order chi connectivity index (χ1) is 8.06. The largest absolute Gasteiger partial charge is 0.366 e. The Balaban J connectivity index is 2.21. The zero-order chi connectivity index (χ0) is 12.4. The Hall–Kier alpha value is -1.62. The van der Waals surface area contributed by atoms with E-state index in [1.807, 2.05) is 0 Å². The van der Waals surface area contributed by atoms with Crippen molar-refractivity contribution in [3.63, 3.8) is 0 Å². The zero-order valence-electron chi connectivity index (χ0n) is 9.97. The molecule has 0 aliphatic carbocycles. The lowest BCUT2D eigenvalue weighted by molar-refractivity contribution is 0.1000. The molecule has 2 heterocycles. The molecule has 5 nitrogen and oxygen atoms in total. The Kier molecular flexibility index (Phi) is 3.28. The normalized spacial score (nSPS) is 24.7. The maximum absolute atomic E-state index is 11.1. The lowest BCUT2D eigenvalue weighted by Gasteiger charge is -2.35. The van der Waals surface area contributed by atoms with E-state index < -0.39 is 5.91 Å². The standard InChI is InChI=1S/C12H18N4O/c1-8-4-10(13)7-16(6-8)11-5-9(12(14)17)2-3-15-11/h2-3,5,8,10H,4,6-7,13H2,1H3,(H2,14,17). The van der Waals surface area contributed by atoms with Crippen molar-refractivity contribution < 1.29 is 4.79 Å². The van der Waals surface area contributed by atoms with Crippen LogP contribution in [0.5, 0.6) is 0 Å². The maximum Gasteiger partial charge on any atom is 0.248 e. The molecule has 2 rings (SSSR count). The van der Waals surface area contributed by atoms with Crippen molar-refractivity contribution in [2.75, 3.05) is 18.0 Å². The number of rotatable bonds is 2. The summed E-state index contributed by atoms with van der Waals surface area (Å²) in [4.78, 5) is 17.5. The van der Waals surface area contributed by atoms with Gasteiger partial charge in [-0.15, -0.1) is 0 Å². The average Bonchev–Trinajstić information content (AvgIpc) is 2.28. The van der Waals surface area contributed by atoms with Crippen molar-refractivity contribution in [2.24, 2.45) is 17.4 Å². The minimum absolute atomic E-state index is 0.165. The number of pyridine rings is 1. The molecule has 1 saturated heterocycles. The smallest absolute Gasteiger partial charge is 0.248 e. The SMILES string of the molecule is CC1CC(N)CN(c2cc(C(N)=O)ccn2)C1. The predicted molar refractivity (Wildman–Crippen MR) is 66.7 cm³/mol. The number of hydrogen-bond donors (Lipinski definition) is 2. The van der Waals surface area contributed by atoms with Gasteiger partial charge in [-0.1, -0.05) is 6.92 Å². The molecule has 92 valence electrons. The first-order valence-corrected chi connectivity index (χ1v) is 5.82. The number of aromatic nitrogens is 1. The van der Waals surface area contributed by atoms with Crippen molar-refractivity contribution in [3.05, 3.63) is 23.9 Å². The third-order valence-electron chi connectivity index (χ3n) is 3.05. The van der Waals surface area contributed by atoms with E-state index in [-0.39, 0.29) is 6.04 Å². The first kappa shape index (κ1) is 11.9. The molecule has 0 radical (unpaired) electrons. The van der Waals surface area contributed by atoms with Gasteiger partial charge in [0.2, 0.25) is 5.91 Å². The topological polar surface area (TPSA) is 85.2 Å². The monoisotopic (exact) mass is 234 g/mol. The quantitative estimate of drug-likeness (QED) is 0.773. The summed E-state index contributed by atoms with van der Waals surface area (Å²) >= 11 is 0. The number of primary amides is 1. The number of anilines is 1. The van der Waals surface area contributed by atoms with E-state index in [4.69, 9.17) is 11.5 Å². The van der Waals surface area contributed by atoms with Gasteiger partial charge in [-0.2, -0.15) is 0 Å². The first-order valence-electron chi connectivity index (χ1n) is 5.82. The van der Waals surface area contributed by atoms with E-state index in [1.165, 1.54) is 0 Å². The minimum Gasteiger partial charge on any atom is -0.366 e. The van der Waals surface area contributed by atoms with Crippen molar-refractivity contribution >= 4 is 11.7 Å². The van der Waals surface area contributed by atoms with Crippen LogP contribution in [0.4, 0.5) is 5.82 Å². The van der Waals surface area contributed by atoms with Crippen LogP contribution < -0.4 is 16.4 Å². The van der Waals surface area contributed by atoms with Gasteiger partial charge in [-0.05, 0) is 24.5 Å². The maximum atomic E-state index is 11.1. The highest BCUT2D eigenvalue weighted by Crippen LogP contribution is 2.21. The highest BCUT2D eigenvalue weighted by Gasteiger charge is 2.23. The van der Waals surface area contributed by atoms with Crippen molar-refractivity contribution in [1.29, 1.82) is 0 Å². The van der Waals surface area contributed by atoms with Gasteiger partial charge in [0.1, 0.15) is 5.82 Å². The van der Waals surface area contributed by atoms with Crippen LogP contribution >= 0.6 is 0 Å².